The number of H-pyrrole nitrogens is 1. The summed E-state index contributed by atoms with van der Waals surface area (Å²) < 4.78 is 0. The SMILES string of the molecule is O=C(CCCn1nnc(-c2ccccc2)n1)Nc1ccc(-c2nc3ccccc3[nH]2)cc1. The molecule has 3 aromatic carbocycles. The molecule has 158 valence electrons. The Labute approximate surface area is 184 Å². The van der Waals surface area contributed by atoms with E-state index in [4.69, 9.17) is 0 Å². The van der Waals surface area contributed by atoms with Crippen LogP contribution in [-0.2, 0) is 11.3 Å². The zero-order chi connectivity index (χ0) is 21.8. The monoisotopic (exact) mass is 423 g/mol. The smallest absolute Gasteiger partial charge is 0.224 e. The van der Waals surface area contributed by atoms with E-state index in [2.05, 4.69) is 30.7 Å². The summed E-state index contributed by atoms with van der Waals surface area (Å²) >= 11 is 0. The number of nitrogens with one attached hydrogen (secondary N) is 2. The molecule has 0 saturated heterocycles. The van der Waals surface area contributed by atoms with Crippen molar-refractivity contribution in [3.8, 4) is 22.8 Å². The summed E-state index contributed by atoms with van der Waals surface area (Å²) in [6.45, 7) is 0.526. The third kappa shape index (κ3) is 4.39. The number of carbonyl (C=O) groups excluding carboxylic acids is 1. The zero-order valence-electron chi connectivity index (χ0n) is 17.3. The number of aromatic nitrogens is 6. The number of amides is 1. The zero-order valence-corrected chi connectivity index (χ0v) is 17.3. The Morgan fingerprint density at radius 3 is 2.50 bits per heavy atom. The van der Waals surface area contributed by atoms with Crippen molar-refractivity contribution >= 4 is 22.6 Å². The lowest BCUT2D eigenvalue weighted by molar-refractivity contribution is -0.116. The molecule has 0 unspecified atom stereocenters. The molecule has 1 amide bonds. The Morgan fingerprint density at radius 2 is 1.69 bits per heavy atom. The van der Waals surface area contributed by atoms with Gasteiger partial charge in [-0.3, -0.25) is 4.79 Å². The number of rotatable bonds is 7. The van der Waals surface area contributed by atoms with Crippen LogP contribution in [0.5, 0.6) is 0 Å². The van der Waals surface area contributed by atoms with Gasteiger partial charge in [-0.1, -0.05) is 42.5 Å². The average molecular weight is 423 g/mol. The standard InChI is InChI=1S/C24H21N7O/c32-22(11-6-16-31-29-24(28-30-31)17-7-2-1-3-8-17)25-19-14-12-18(13-15-19)23-26-20-9-4-5-10-21(20)27-23/h1-5,7-10,12-15H,6,11,16H2,(H,25,32)(H,26,27). The van der Waals surface area contributed by atoms with Crippen molar-refractivity contribution in [1.82, 2.24) is 30.2 Å². The molecule has 2 heterocycles. The van der Waals surface area contributed by atoms with E-state index in [1.807, 2.05) is 78.9 Å². The first-order valence-corrected chi connectivity index (χ1v) is 10.4. The lowest BCUT2D eigenvalue weighted by Gasteiger charge is -2.06. The lowest BCUT2D eigenvalue weighted by atomic mass is 10.2. The number of aromatic amines is 1. The van der Waals surface area contributed by atoms with Crippen molar-refractivity contribution in [3.05, 3.63) is 78.9 Å². The maximum atomic E-state index is 12.3. The first kappa shape index (κ1) is 19.6. The van der Waals surface area contributed by atoms with Crippen LogP contribution in [0.4, 0.5) is 5.69 Å². The predicted molar refractivity (Wildman–Crippen MR) is 123 cm³/mol. The van der Waals surface area contributed by atoms with Crippen LogP contribution in [0, 0.1) is 0 Å². The molecule has 8 nitrogen and oxygen atoms in total. The molecule has 0 aliphatic rings. The largest absolute Gasteiger partial charge is 0.338 e. The number of anilines is 1. The summed E-state index contributed by atoms with van der Waals surface area (Å²) in [6, 6.07) is 25.2. The fourth-order valence-electron chi connectivity index (χ4n) is 3.45. The second-order valence-corrected chi connectivity index (χ2v) is 7.41. The van der Waals surface area contributed by atoms with Crippen LogP contribution in [0.25, 0.3) is 33.8 Å². The number of imidazole rings is 1. The first-order chi connectivity index (χ1) is 15.7. The van der Waals surface area contributed by atoms with Gasteiger partial charge in [0.25, 0.3) is 0 Å². The highest BCUT2D eigenvalue weighted by molar-refractivity contribution is 5.91. The van der Waals surface area contributed by atoms with E-state index in [9.17, 15) is 4.79 Å². The Morgan fingerprint density at radius 1 is 0.906 bits per heavy atom. The molecule has 0 saturated carbocycles. The number of tetrazole rings is 1. The number of hydrogen-bond acceptors (Lipinski definition) is 5. The van der Waals surface area contributed by atoms with Crippen LogP contribution in [0.15, 0.2) is 78.9 Å². The number of benzene rings is 3. The van der Waals surface area contributed by atoms with Gasteiger partial charge in [0, 0.05) is 23.2 Å². The Bertz CT molecular complexity index is 1310. The topological polar surface area (TPSA) is 101 Å². The third-order valence-electron chi connectivity index (χ3n) is 5.08. The van der Waals surface area contributed by atoms with E-state index in [1.54, 1.807) is 0 Å². The van der Waals surface area contributed by atoms with E-state index in [0.29, 0.717) is 25.2 Å². The molecule has 2 N–H and O–H groups in total. The Hall–Kier alpha value is -4.33. The van der Waals surface area contributed by atoms with Gasteiger partial charge in [-0.2, -0.15) is 4.80 Å². The normalized spacial score (nSPS) is 11.0. The minimum Gasteiger partial charge on any atom is -0.338 e. The molecule has 0 atom stereocenters. The molecule has 0 aliphatic heterocycles. The molecule has 5 aromatic rings. The van der Waals surface area contributed by atoms with Gasteiger partial charge in [0.1, 0.15) is 5.82 Å². The summed E-state index contributed by atoms with van der Waals surface area (Å²) in [5.74, 6) is 1.34. The van der Waals surface area contributed by atoms with Crippen molar-refractivity contribution in [2.24, 2.45) is 0 Å². The molecule has 0 aliphatic carbocycles. The van der Waals surface area contributed by atoms with Crippen molar-refractivity contribution in [2.75, 3.05) is 5.32 Å². The van der Waals surface area contributed by atoms with Crippen LogP contribution in [-0.4, -0.2) is 36.1 Å². The highest BCUT2D eigenvalue weighted by Gasteiger charge is 2.08. The number of fused-ring (bicyclic) bond motifs is 1. The Kier molecular flexibility index (Phi) is 5.40. The van der Waals surface area contributed by atoms with Gasteiger partial charge in [-0.05, 0) is 48.0 Å². The van der Waals surface area contributed by atoms with Gasteiger partial charge in [0.2, 0.25) is 11.7 Å². The van der Waals surface area contributed by atoms with Crippen LogP contribution < -0.4 is 5.32 Å². The lowest BCUT2D eigenvalue weighted by Crippen LogP contribution is -2.13. The first-order valence-electron chi connectivity index (χ1n) is 10.4. The minimum atomic E-state index is -0.0510. The van der Waals surface area contributed by atoms with E-state index in [-0.39, 0.29) is 5.91 Å². The predicted octanol–water partition coefficient (Wildman–Crippen LogP) is 4.30. The molecule has 0 bridgehead atoms. The van der Waals surface area contributed by atoms with Crippen molar-refractivity contribution in [1.29, 1.82) is 0 Å². The quantitative estimate of drug-likeness (QED) is 0.406. The maximum Gasteiger partial charge on any atom is 0.224 e. The number of aryl methyl sites for hydroxylation is 1. The molecule has 5 rings (SSSR count). The van der Waals surface area contributed by atoms with Gasteiger partial charge in [0.05, 0.1) is 17.6 Å². The molecule has 0 radical (unpaired) electrons. The third-order valence-corrected chi connectivity index (χ3v) is 5.08. The maximum absolute atomic E-state index is 12.3. The van der Waals surface area contributed by atoms with E-state index >= 15 is 0 Å². The highest BCUT2D eigenvalue weighted by atomic mass is 16.1. The second-order valence-electron chi connectivity index (χ2n) is 7.41. The van der Waals surface area contributed by atoms with Crippen molar-refractivity contribution in [3.63, 3.8) is 0 Å². The fourth-order valence-corrected chi connectivity index (χ4v) is 3.45. The highest BCUT2D eigenvalue weighted by Crippen LogP contribution is 2.22. The van der Waals surface area contributed by atoms with Crippen molar-refractivity contribution < 1.29 is 4.79 Å². The molecule has 8 heteroatoms. The summed E-state index contributed by atoms with van der Waals surface area (Å²) in [4.78, 5) is 21.7. The van der Waals surface area contributed by atoms with E-state index in [0.717, 1.165) is 33.7 Å². The van der Waals surface area contributed by atoms with Crippen LogP contribution in [0.1, 0.15) is 12.8 Å². The molecular weight excluding hydrogens is 402 g/mol. The molecule has 0 fully saturated rings. The number of para-hydroxylation sites is 2. The molecular formula is C24H21N7O. The number of nitrogens with zero attached hydrogens (tertiary/aromatic N) is 5. The van der Waals surface area contributed by atoms with Crippen LogP contribution in [0.3, 0.4) is 0 Å². The molecule has 0 spiro atoms. The summed E-state index contributed by atoms with van der Waals surface area (Å²) in [7, 11) is 0. The molecule has 32 heavy (non-hydrogen) atoms. The van der Waals surface area contributed by atoms with E-state index < -0.39 is 0 Å². The summed E-state index contributed by atoms with van der Waals surface area (Å²) in [6.07, 6.45) is 0.987. The van der Waals surface area contributed by atoms with E-state index in [1.165, 1.54) is 4.80 Å². The minimum absolute atomic E-state index is 0.0510. The van der Waals surface area contributed by atoms with Crippen LogP contribution >= 0.6 is 0 Å². The van der Waals surface area contributed by atoms with Crippen molar-refractivity contribution in [2.45, 2.75) is 19.4 Å². The fraction of sp³-hybridized carbons (Fsp3) is 0.125. The van der Waals surface area contributed by atoms with Gasteiger partial charge in [-0.25, -0.2) is 4.98 Å². The van der Waals surface area contributed by atoms with Gasteiger partial charge in [-0.15, -0.1) is 10.2 Å². The average Bonchev–Trinajstić information content (AvgIpc) is 3.47. The van der Waals surface area contributed by atoms with Crippen LogP contribution in [0.2, 0.25) is 0 Å². The molecule has 2 aromatic heterocycles. The summed E-state index contributed by atoms with van der Waals surface area (Å²) in [5, 5.41) is 15.4. The summed E-state index contributed by atoms with van der Waals surface area (Å²) in [5.41, 5.74) is 4.56. The second kappa shape index (κ2) is 8.81. The van der Waals surface area contributed by atoms with Gasteiger partial charge in [0.15, 0.2) is 0 Å². The van der Waals surface area contributed by atoms with Gasteiger partial charge >= 0.3 is 0 Å². The number of hydrogen-bond donors (Lipinski definition) is 2. The Balaban J connectivity index is 1.13. The number of carbonyl (C=O) groups is 1. The van der Waals surface area contributed by atoms with Gasteiger partial charge < -0.3 is 10.3 Å².